The van der Waals surface area contributed by atoms with Crippen molar-refractivity contribution in [2.24, 2.45) is 5.92 Å². The molecule has 0 aromatic heterocycles. The van der Waals surface area contributed by atoms with Crippen molar-refractivity contribution in [1.82, 2.24) is 0 Å². The predicted molar refractivity (Wildman–Crippen MR) is 94.8 cm³/mol. The molecule has 0 heterocycles. The molecule has 0 fully saturated rings. The fourth-order valence-electron chi connectivity index (χ4n) is 4.09. The van der Waals surface area contributed by atoms with Crippen LogP contribution in [0.5, 0.6) is 17.2 Å². The summed E-state index contributed by atoms with van der Waals surface area (Å²) in [6, 6.07) is 3.50. The molecule has 0 N–H and O–H groups in total. The van der Waals surface area contributed by atoms with E-state index in [4.69, 9.17) is 18.9 Å². The number of hydrogen-bond donors (Lipinski definition) is 0. The van der Waals surface area contributed by atoms with Crippen LogP contribution in [0.15, 0.2) is 23.3 Å². The van der Waals surface area contributed by atoms with Gasteiger partial charge in [0.2, 0.25) is 0 Å². The first-order valence-electron chi connectivity index (χ1n) is 8.80. The topological polar surface area (TPSA) is 71.1 Å². The Bertz CT molecular complexity index is 739. The molecule has 26 heavy (non-hydrogen) atoms. The largest absolute Gasteiger partial charge is 0.496 e. The summed E-state index contributed by atoms with van der Waals surface area (Å²) in [7, 11) is 4.67. The average molecular weight is 360 g/mol. The number of rotatable bonds is 6. The van der Waals surface area contributed by atoms with Crippen LogP contribution in [0.4, 0.5) is 0 Å². The summed E-state index contributed by atoms with van der Waals surface area (Å²) in [5, 5.41) is 0. The van der Waals surface area contributed by atoms with Crippen LogP contribution >= 0.6 is 0 Å². The first kappa shape index (κ1) is 18.3. The Hall–Kier alpha value is -2.50. The summed E-state index contributed by atoms with van der Waals surface area (Å²) < 4.78 is 21.7. The van der Waals surface area contributed by atoms with Crippen molar-refractivity contribution in [2.45, 2.75) is 32.1 Å². The van der Waals surface area contributed by atoms with Crippen LogP contribution in [-0.4, -0.2) is 39.7 Å². The third-order valence-electron chi connectivity index (χ3n) is 5.15. The van der Waals surface area contributed by atoms with E-state index in [2.05, 4.69) is 0 Å². The number of ketones is 1. The normalized spacial score (nSPS) is 21.6. The smallest absolute Gasteiger partial charge is 0.317 e. The lowest BCUT2D eigenvalue weighted by Gasteiger charge is -2.25. The van der Waals surface area contributed by atoms with Gasteiger partial charge in [0.25, 0.3) is 0 Å². The molecule has 0 amide bonds. The van der Waals surface area contributed by atoms with Crippen LogP contribution < -0.4 is 14.2 Å². The molecule has 1 aromatic rings. The van der Waals surface area contributed by atoms with Gasteiger partial charge in [0.15, 0.2) is 5.78 Å². The van der Waals surface area contributed by atoms with E-state index in [0.717, 1.165) is 24.0 Å². The lowest BCUT2D eigenvalue weighted by atomic mass is 9.81. The van der Waals surface area contributed by atoms with Crippen molar-refractivity contribution in [2.75, 3.05) is 27.9 Å². The molecule has 2 atom stereocenters. The van der Waals surface area contributed by atoms with E-state index < -0.39 is 17.8 Å². The van der Waals surface area contributed by atoms with E-state index in [1.807, 2.05) is 0 Å². The van der Waals surface area contributed by atoms with E-state index in [-0.39, 0.29) is 12.4 Å². The van der Waals surface area contributed by atoms with Gasteiger partial charge in [-0.15, -0.1) is 0 Å². The molecule has 0 saturated heterocycles. The third-order valence-corrected chi connectivity index (χ3v) is 5.15. The summed E-state index contributed by atoms with van der Waals surface area (Å²) in [6.45, 7) is 1.97. The average Bonchev–Trinajstić information content (AvgIpc) is 3.23. The van der Waals surface area contributed by atoms with Gasteiger partial charge in [0.1, 0.15) is 23.2 Å². The van der Waals surface area contributed by atoms with Gasteiger partial charge < -0.3 is 18.9 Å². The van der Waals surface area contributed by atoms with Crippen LogP contribution in [0.1, 0.15) is 37.7 Å². The first-order valence-corrected chi connectivity index (χ1v) is 8.80. The first-order chi connectivity index (χ1) is 12.6. The molecule has 0 radical (unpaired) electrons. The minimum Gasteiger partial charge on any atom is -0.496 e. The minimum atomic E-state index is -0.878. The van der Waals surface area contributed by atoms with Crippen LogP contribution in [0, 0.1) is 5.92 Å². The summed E-state index contributed by atoms with van der Waals surface area (Å²) in [5.74, 6) is -0.257. The van der Waals surface area contributed by atoms with Crippen molar-refractivity contribution in [3.05, 3.63) is 28.8 Å². The molecule has 0 spiro atoms. The zero-order valence-corrected chi connectivity index (χ0v) is 15.6. The molecule has 2 unspecified atom stereocenters. The maximum atomic E-state index is 12.9. The summed E-state index contributed by atoms with van der Waals surface area (Å²) in [5.41, 5.74) is 2.48. The van der Waals surface area contributed by atoms with Gasteiger partial charge in [0, 0.05) is 23.6 Å². The number of esters is 1. The van der Waals surface area contributed by atoms with Crippen LogP contribution in [0.2, 0.25) is 0 Å². The number of hydrogen-bond acceptors (Lipinski definition) is 6. The van der Waals surface area contributed by atoms with E-state index in [1.54, 1.807) is 40.4 Å². The highest BCUT2D eigenvalue weighted by molar-refractivity contribution is 6.13. The zero-order valence-electron chi connectivity index (χ0n) is 15.6. The second kappa shape index (κ2) is 7.40. The molecule has 0 saturated carbocycles. The van der Waals surface area contributed by atoms with Gasteiger partial charge in [-0.05, 0) is 31.8 Å². The van der Waals surface area contributed by atoms with Crippen molar-refractivity contribution in [1.29, 1.82) is 0 Å². The minimum absolute atomic E-state index is 0.124. The number of benzene rings is 1. The van der Waals surface area contributed by atoms with Gasteiger partial charge in [-0.3, -0.25) is 9.59 Å². The molecule has 2 aliphatic carbocycles. The van der Waals surface area contributed by atoms with Crippen molar-refractivity contribution in [3.8, 4) is 17.2 Å². The molecule has 0 bridgehead atoms. The number of Topliss-reactive ketones (excluding diaryl/α,β-unsaturated/α-hetero) is 1. The van der Waals surface area contributed by atoms with Crippen LogP contribution in [0.25, 0.3) is 0 Å². The second-order valence-electron chi connectivity index (χ2n) is 6.37. The predicted octanol–water partition coefficient (Wildman–Crippen LogP) is 3.04. The lowest BCUT2D eigenvalue weighted by Crippen LogP contribution is -2.29. The van der Waals surface area contributed by atoms with Gasteiger partial charge >= 0.3 is 5.97 Å². The fraction of sp³-hybridized carbons (Fsp3) is 0.500. The van der Waals surface area contributed by atoms with E-state index >= 15 is 0 Å². The van der Waals surface area contributed by atoms with E-state index in [1.165, 1.54) is 0 Å². The quantitative estimate of drug-likeness (QED) is 0.574. The van der Waals surface area contributed by atoms with Gasteiger partial charge in [0.05, 0.1) is 27.9 Å². The van der Waals surface area contributed by atoms with Crippen LogP contribution in [-0.2, 0) is 14.3 Å². The van der Waals surface area contributed by atoms with Gasteiger partial charge in [-0.25, -0.2) is 0 Å². The summed E-state index contributed by atoms with van der Waals surface area (Å²) in [6.07, 6.45) is 2.42. The zero-order chi connectivity index (χ0) is 18.8. The van der Waals surface area contributed by atoms with Gasteiger partial charge in [-0.1, -0.05) is 5.57 Å². The SMILES string of the molecule is CCOC(=O)C1C(=O)C2=C(CCC2)C1c1c(OC)cc(OC)cc1OC. The van der Waals surface area contributed by atoms with Crippen LogP contribution in [0.3, 0.4) is 0 Å². The fourth-order valence-corrected chi connectivity index (χ4v) is 4.09. The Labute approximate surface area is 153 Å². The molecule has 3 rings (SSSR count). The van der Waals surface area contributed by atoms with Gasteiger partial charge in [-0.2, -0.15) is 0 Å². The molecule has 2 aliphatic rings. The van der Waals surface area contributed by atoms with E-state index in [0.29, 0.717) is 29.2 Å². The standard InChI is InChI=1S/C20H24O6/c1-5-26-20(22)18-16(12-7-6-8-13(12)19(18)21)17-14(24-3)9-11(23-2)10-15(17)25-4/h9-10,16,18H,5-8H2,1-4H3. The highest BCUT2D eigenvalue weighted by atomic mass is 16.5. The third kappa shape index (κ3) is 2.83. The maximum absolute atomic E-state index is 12.9. The molecule has 6 heteroatoms. The summed E-state index contributed by atoms with van der Waals surface area (Å²) >= 11 is 0. The number of allylic oxidation sites excluding steroid dienone is 2. The Morgan fingerprint density at radius 1 is 1.08 bits per heavy atom. The molecular weight excluding hydrogens is 336 g/mol. The highest BCUT2D eigenvalue weighted by Gasteiger charge is 2.50. The number of carbonyl (C=O) groups excluding carboxylic acids is 2. The molecular formula is C20H24O6. The number of ether oxygens (including phenoxy) is 4. The van der Waals surface area contributed by atoms with E-state index in [9.17, 15) is 9.59 Å². The number of methoxy groups -OCH3 is 3. The monoisotopic (exact) mass is 360 g/mol. The second-order valence-corrected chi connectivity index (χ2v) is 6.37. The van der Waals surface area contributed by atoms with Crippen molar-refractivity contribution < 1.29 is 28.5 Å². The van der Waals surface area contributed by atoms with Crippen molar-refractivity contribution in [3.63, 3.8) is 0 Å². The molecule has 0 aliphatic heterocycles. The molecule has 1 aromatic carbocycles. The Morgan fingerprint density at radius 3 is 2.27 bits per heavy atom. The molecule has 6 nitrogen and oxygen atoms in total. The highest BCUT2D eigenvalue weighted by Crippen LogP contribution is 2.54. The number of carbonyl (C=O) groups is 2. The Morgan fingerprint density at radius 2 is 1.73 bits per heavy atom. The molecule has 140 valence electrons. The lowest BCUT2D eigenvalue weighted by molar-refractivity contribution is -0.150. The Kier molecular flexibility index (Phi) is 5.20. The Balaban J connectivity index is 2.18. The summed E-state index contributed by atoms with van der Waals surface area (Å²) in [4.78, 5) is 25.6. The maximum Gasteiger partial charge on any atom is 0.317 e. The van der Waals surface area contributed by atoms with Crippen molar-refractivity contribution >= 4 is 11.8 Å².